The highest BCUT2D eigenvalue weighted by Gasteiger charge is 2.23. The fourth-order valence-electron chi connectivity index (χ4n) is 1.49. The number of carbonyl (C=O) groups is 1. The van der Waals surface area contributed by atoms with E-state index in [9.17, 15) is 4.79 Å². The molecule has 1 aromatic rings. The Morgan fingerprint density at radius 1 is 1.37 bits per heavy atom. The van der Waals surface area contributed by atoms with Crippen molar-refractivity contribution in [1.29, 1.82) is 0 Å². The summed E-state index contributed by atoms with van der Waals surface area (Å²) in [6, 6.07) is 5.36. The van der Waals surface area contributed by atoms with Crippen LogP contribution in [0.25, 0.3) is 6.08 Å². The van der Waals surface area contributed by atoms with Gasteiger partial charge in [-0.3, -0.25) is 4.79 Å². The summed E-state index contributed by atoms with van der Waals surface area (Å²) in [6.45, 7) is 1.86. The van der Waals surface area contributed by atoms with Crippen LogP contribution in [-0.4, -0.2) is 10.2 Å². The largest absolute Gasteiger partial charge is 0.307 e. The van der Waals surface area contributed by atoms with Gasteiger partial charge >= 0.3 is 0 Å². The second-order valence-corrected chi connectivity index (χ2v) is 6.36. The van der Waals surface area contributed by atoms with Gasteiger partial charge in [-0.1, -0.05) is 65.4 Å². The predicted molar refractivity (Wildman–Crippen MR) is 86.5 cm³/mol. The van der Waals surface area contributed by atoms with E-state index in [4.69, 9.17) is 35.4 Å². The average Bonchev–Trinajstić information content (AvgIpc) is 2.70. The quantitative estimate of drug-likeness (QED) is 0.642. The standard InChI is InChI=1S/C13H9Cl2NOS2/c1-7(11-12(17)16-13(18)19-11)2-3-8-4-5-9(14)10(15)6-8/h2-6H,1H3,(H,16,17,18)/b3-2+,11-7?. The second-order valence-electron chi connectivity index (χ2n) is 3.86. The summed E-state index contributed by atoms with van der Waals surface area (Å²) < 4.78 is 0.488. The van der Waals surface area contributed by atoms with Gasteiger partial charge < -0.3 is 5.32 Å². The summed E-state index contributed by atoms with van der Waals surface area (Å²) >= 11 is 18.0. The number of carbonyl (C=O) groups excluding carboxylic acids is 1. The van der Waals surface area contributed by atoms with E-state index < -0.39 is 0 Å². The van der Waals surface area contributed by atoms with Gasteiger partial charge in [0.15, 0.2) is 0 Å². The van der Waals surface area contributed by atoms with Gasteiger partial charge in [-0.05, 0) is 30.2 Å². The minimum Gasteiger partial charge on any atom is -0.307 e. The number of nitrogens with one attached hydrogen (secondary N) is 1. The van der Waals surface area contributed by atoms with E-state index in [1.807, 2.05) is 25.1 Å². The first-order valence-electron chi connectivity index (χ1n) is 5.34. The van der Waals surface area contributed by atoms with Crippen LogP contribution in [0.4, 0.5) is 0 Å². The topological polar surface area (TPSA) is 29.1 Å². The van der Waals surface area contributed by atoms with Crippen LogP contribution >= 0.6 is 47.2 Å². The van der Waals surface area contributed by atoms with Gasteiger partial charge in [-0.15, -0.1) is 0 Å². The van der Waals surface area contributed by atoms with E-state index in [-0.39, 0.29) is 5.91 Å². The number of rotatable bonds is 2. The fourth-order valence-corrected chi connectivity index (χ4v) is 2.84. The molecule has 6 heteroatoms. The van der Waals surface area contributed by atoms with Crippen LogP contribution in [0.5, 0.6) is 0 Å². The predicted octanol–water partition coefficient (Wildman–Crippen LogP) is 4.43. The van der Waals surface area contributed by atoms with Crippen molar-refractivity contribution in [3.63, 3.8) is 0 Å². The van der Waals surface area contributed by atoms with Crippen molar-refractivity contribution in [3.8, 4) is 0 Å². The highest BCUT2D eigenvalue weighted by molar-refractivity contribution is 8.26. The first kappa shape index (κ1) is 14.6. The molecule has 2 rings (SSSR count). The Hall–Kier alpha value is -0.810. The molecule has 1 saturated heterocycles. The van der Waals surface area contributed by atoms with Crippen LogP contribution in [0, 0.1) is 0 Å². The Bertz CT molecular complexity index is 623. The van der Waals surface area contributed by atoms with Gasteiger partial charge in [0.05, 0.1) is 15.0 Å². The molecule has 0 atom stereocenters. The fraction of sp³-hybridized carbons (Fsp3) is 0.0769. The lowest BCUT2D eigenvalue weighted by molar-refractivity contribution is -0.115. The Balaban J connectivity index is 2.22. The van der Waals surface area contributed by atoms with Crippen LogP contribution in [-0.2, 0) is 4.79 Å². The van der Waals surface area contributed by atoms with E-state index in [0.29, 0.717) is 19.3 Å². The molecule has 19 heavy (non-hydrogen) atoms. The SMILES string of the molecule is CC(/C=C/c1ccc(Cl)c(Cl)c1)=C1SC(=S)NC1=O. The molecule has 0 spiro atoms. The highest BCUT2D eigenvalue weighted by Crippen LogP contribution is 2.28. The van der Waals surface area contributed by atoms with E-state index >= 15 is 0 Å². The molecule has 1 aromatic carbocycles. The number of allylic oxidation sites excluding steroid dienone is 2. The number of benzene rings is 1. The lowest BCUT2D eigenvalue weighted by Gasteiger charge is -1.99. The van der Waals surface area contributed by atoms with Gasteiger partial charge in [0.2, 0.25) is 0 Å². The van der Waals surface area contributed by atoms with Crippen LogP contribution in [0.3, 0.4) is 0 Å². The van der Waals surface area contributed by atoms with Crippen molar-refractivity contribution >= 4 is 63.5 Å². The third-order valence-electron chi connectivity index (χ3n) is 2.44. The highest BCUT2D eigenvalue weighted by atomic mass is 35.5. The number of hydrogen-bond donors (Lipinski definition) is 1. The molecule has 2 nitrogen and oxygen atoms in total. The summed E-state index contributed by atoms with van der Waals surface area (Å²) in [7, 11) is 0. The van der Waals surface area contributed by atoms with Crippen LogP contribution < -0.4 is 5.32 Å². The van der Waals surface area contributed by atoms with Crippen molar-refractivity contribution in [2.75, 3.05) is 0 Å². The van der Waals surface area contributed by atoms with Crippen molar-refractivity contribution < 1.29 is 4.79 Å². The monoisotopic (exact) mass is 329 g/mol. The molecular weight excluding hydrogens is 321 g/mol. The molecule has 0 unspecified atom stereocenters. The molecule has 1 heterocycles. The van der Waals surface area contributed by atoms with Gasteiger partial charge in [-0.25, -0.2) is 0 Å². The van der Waals surface area contributed by atoms with Gasteiger partial charge in [0, 0.05) is 0 Å². The Kier molecular flexibility index (Phi) is 4.68. The lowest BCUT2D eigenvalue weighted by atomic mass is 10.1. The van der Waals surface area contributed by atoms with Gasteiger partial charge in [0.1, 0.15) is 4.32 Å². The van der Waals surface area contributed by atoms with Gasteiger partial charge in [0.25, 0.3) is 5.91 Å². The lowest BCUT2D eigenvalue weighted by Crippen LogP contribution is -2.18. The average molecular weight is 330 g/mol. The van der Waals surface area contributed by atoms with Crippen molar-refractivity contribution in [1.82, 2.24) is 5.32 Å². The first-order valence-corrected chi connectivity index (χ1v) is 7.32. The third-order valence-corrected chi connectivity index (χ3v) is 4.53. The zero-order valence-corrected chi connectivity index (χ0v) is 13.0. The smallest absolute Gasteiger partial charge is 0.263 e. The normalized spacial score (nSPS) is 18.1. The zero-order valence-electron chi connectivity index (χ0n) is 9.87. The first-order chi connectivity index (χ1) is 8.97. The molecular formula is C13H9Cl2NOS2. The zero-order chi connectivity index (χ0) is 14.0. The van der Waals surface area contributed by atoms with E-state index in [1.165, 1.54) is 11.8 Å². The summed E-state index contributed by atoms with van der Waals surface area (Å²) in [5, 5.41) is 3.61. The van der Waals surface area contributed by atoms with E-state index in [2.05, 4.69) is 5.32 Å². The molecule has 1 N–H and O–H groups in total. The van der Waals surface area contributed by atoms with E-state index in [1.54, 1.807) is 12.1 Å². The maximum atomic E-state index is 11.6. The van der Waals surface area contributed by atoms with Crippen LogP contribution in [0.15, 0.2) is 34.8 Å². The van der Waals surface area contributed by atoms with Gasteiger partial charge in [-0.2, -0.15) is 0 Å². The molecule has 0 bridgehead atoms. The van der Waals surface area contributed by atoms with Crippen LogP contribution in [0.1, 0.15) is 12.5 Å². The van der Waals surface area contributed by atoms with Crippen molar-refractivity contribution in [2.45, 2.75) is 6.92 Å². The Morgan fingerprint density at radius 3 is 2.68 bits per heavy atom. The number of halogens is 2. The Morgan fingerprint density at radius 2 is 2.11 bits per heavy atom. The molecule has 1 fully saturated rings. The summed E-state index contributed by atoms with van der Waals surface area (Å²) in [6.07, 6.45) is 3.73. The minimum atomic E-state index is -0.147. The molecule has 98 valence electrons. The molecule has 0 aromatic heterocycles. The number of amides is 1. The summed E-state index contributed by atoms with van der Waals surface area (Å²) in [4.78, 5) is 12.2. The summed E-state index contributed by atoms with van der Waals surface area (Å²) in [5.41, 5.74) is 1.77. The molecule has 1 amide bonds. The Labute approximate surface area is 130 Å². The molecule has 1 aliphatic rings. The molecule has 1 aliphatic heterocycles. The maximum absolute atomic E-state index is 11.6. The number of thioether (sulfide) groups is 1. The van der Waals surface area contributed by atoms with Crippen molar-refractivity contribution in [2.24, 2.45) is 0 Å². The third kappa shape index (κ3) is 3.60. The summed E-state index contributed by atoms with van der Waals surface area (Å²) in [5.74, 6) is -0.147. The second kappa shape index (κ2) is 6.09. The molecule has 0 radical (unpaired) electrons. The van der Waals surface area contributed by atoms with Crippen molar-refractivity contribution in [3.05, 3.63) is 50.4 Å². The number of hydrogen-bond acceptors (Lipinski definition) is 3. The number of thiocarbonyl (C=S) groups is 1. The van der Waals surface area contributed by atoms with Crippen LogP contribution in [0.2, 0.25) is 10.0 Å². The minimum absolute atomic E-state index is 0.147. The molecule has 0 saturated carbocycles. The van der Waals surface area contributed by atoms with E-state index in [0.717, 1.165) is 11.1 Å². The maximum Gasteiger partial charge on any atom is 0.263 e. The molecule has 0 aliphatic carbocycles.